The summed E-state index contributed by atoms with van der Waals surface area (Å²) >= 11 is 0. The van der Waals surface area contributed by atoms with Gasteiger partial charge >= 0.3 is 0 Å². The standard InChI is InChI=1S/C10H20/c1-8(2)9(3)7-10(4,5)6/h7-8H,1-6H3. The fraction of sp³-hybridized carbons (Fsp3) is 0.800. The Morgan fingerprint density at radius 1 is 1.20 bits per heavy atom. The molecule has 0 fully saturated rings. The van der Waals surface area contributed by atoms with Crippen molar-refractivity contribution in [1.82, 2.24) is 0 Å². The lowest BCUT2D eigenvalue weighted by molar-refractivity contribution is 0.531. The van der Waals surface area contributed by atoms with Crippen molar-refractivity contribution in [3.8, 4) is 0 Å². The van der Waals surface area contributed by atoms with Gasteiger partial charge in [0.2, 0.25) is 0 Å². The van der Waals surface area contributed by atoms with E-state index in [0.717, 1.165) is 0 Å². The van der Waals surface area contributed by atoms with Crippen LogP contribution in [0.2, 0.25) is 0 Å². The molecular weight excluding hydrogens is 120 g/mol. The highest BCUT2D eigenvalue weighted by Gasteiger charge is 2.07. The first kappa shape index (κ1) is 9.74. The Morgan fingerprint density at radius 3 is 1.70 bits per heavy atom. The molecule has 0 aliphatic carbocycles. The minimum absolute atomic E-state index is 0.342. The molecule has 0 aliphatic rings. The molecule has 0 rings (SSSR count). The topological polar surface area (TPSA) is 0 Å². The minimum Gasteiger partial charge on any atom is -0.0800 e. The summed E-state index contributed by atoms with van der Waals surface area (Å²) in [6, 6.07) is 0. The molecule has 0 saturated heterocycles. The number of rotatable bonds is 1. The van der Waals surface area contributed by atoms with Gasteiger partial charge in [-0.2, -0.15) is 0 Å². The fourth-order valence-corrected chi connectivity index (χ4v) is 0.850. The fourth-order valence-electron chi connectivity index (χ4n) is 0.850. The Labute approximate surface area is 65.3 Å². The second kappa shape index (κ2) is 3.23. The molecule has 0 aromatic rings. The lowest BCUT2D eigenvalue weighted by Gasteiger charge is -2.15. The van der Waals surface area contributed by atoms with Gasteiger partial charge in [-0.15, -0.1) is 0 Å². The molecule has 0 N–H and O–H groups in total. The van der Waals surface area contributed by atoms with Gasteiger partial charge in [0, 0.05) is 0 Å². The van der Waals surface area contributed by atoms with Crippen LogP contribution in [0.25, 0.3) is 0 Å². The predicted octanol–water partition coefficient (Wildman–Crippen LogP) is 3.63. The van der Waals surface area contributed by atoms with Gasteiger partial charge < -0.3 is 0 Å². The second-order valence-corrected chi connectivity index (χ2v) is 4.41. The first-order valence-electron chi connectivity index (χ1n) is 4.02. The maximum Gasteiger partial charge on any atom is -0.0200 e. The van der Waals surface area contributed by atoms with Crippen molar-refractivity contribution in [2.24, 2.45) is 11.3 Å². The van der Waals surface area contributed by atoms with Crippen LogP contribution in [-0.2, 0) is 0 Å². The predicted molar refractivity (Wildman–Crippen MR) is 48.1 cm³/mol. The van der Waals surface area contributed by atoms with E-state index >= 15 is 0 Å². The van der Waals surface area contributed by atoms with E-state index in [1.807, 2.05) is 0 Å². The van der Waals surface area contributed by atoms with Crippen LogP contribution in [0.4, 0.5) is 0 Å². The Bertz CT molecular complexity index is 121. The summed E-state index contributed by atoms with van der Waals surface area (Å²) in [5.74, 6) is 0.694. The maximum atomic E-state index is 2.34. The van der Waals surface area contributed by atoms with Gasteiger partial charge in [0.1, 0.15) is 0 Å². The molecule has 0 atom stereocenters. The molecule has 0 radical (unpaired) electrons. The van der Waals surface area contributed by atoms with Gasteiger partial charge in [-0.05, 0) is 18.3 Å². The van der Waals surface area contributed by atoms with E-state index in [0.29, 0.717) is 11.3 Å². The summed E-state index contributed by atoms with van der Waals surface area (Å²) in [6.07, 6.45) is 2.34. The van der Waals surface area contributed by atoms with E-state index in [2.05, 4.69) is 47.6 Å². The van der Waals surface area contributed by atoms with Gasteiger partial charge in [-0.25, -0.2) is 0 Å². The average Bonchev–Trinajstić information content (AvgIpc) is 1.60. The molecule has 60 valence electrons. The Morgan fingerprint density at radius 2 is 1.60 bits per heavy atom. The summed E-state index contributed by atoms with van der Waals surface area (Å²) in [5, 5.41) is 0. The smallest absolute Gasteiger partial charge is 0.0200 e. The highest BCUT2D eigenvalue weighted by Crippen LogP contribution is 2.20. The molecule has 0 amide bonds. The van der Waals surface area contributed by atoms with Gasteiger partial charge in [-0.3, -0.25) is 0 Å². The van der Waals surface area contributed by atoms with Crippen molar-refractivity contribution in [1.29, 1.82) is 0 Å². The van der Waals surface area contributed by atoms with Crippen molar-refractivity contribution in [3.05, 3.63) is 11.6 Å². The second-order valence-electron chi connectivity index (χ2n) is 4.41. The van der Waals surface area contributed by atoms with Crippen LogP contribution in [0.3, 0.4) is 0 Å². The van der Waals surface area contributed by atoms with Crippen LogP contribution >= 0.6 is 0 Å². The van der Waals surface area contributed by atoms with Gasteiger partial charge in [0.05, 0.1) is 0 Å². The summed E-state index contributed by atoms with van der Waals surface area (Å²) in [7, 11) is 0. The lowest BCUT2D eigenvalue weighted by Crippen LogP contribution is -2.02. The molecule has 0 nitrogen and oxygen atoms in total. The Hall–Kier alpha value is -0.260. The molecular formula is C10H20. The van der Waals surface area contributed by atoms with Gasteiger partial charge in [-0.1, -0.05) is 46.3 Å². The van der Waals surface area contributed by atoms with Crippen molar-refractivity contribution < 1.29 is 0 Å². The van der Waals surface area contributed by atoms with Crippen LogP contribution in [0.15, 0.2) is 11.6 Å². The molecule has 0 spiro atoms. The highest BCUT2D eigenvalue weighted by atomic mass is 14.1. The molecule has 0 unspecified atom stereocenters. The van der Waals surface area contributed by atoms with E-state index in [9.17, 15) is 0 Å². The van der Waals surface area contributed by atoms with Gasteiger partial charge in [0.25, 0.3) is 0 Å². The Balaban J connectivity index is 4.17. The molecule has 0 aliphatic heterocycles. The minimum atomic E-state index is 0.342. The highest BCUT2D eigenvalue weighted by molar-refractivity contribution is 5.05. The maximum absolute atomic E-state index is 2.34. The first-order chi connectivity index (χ1) is 4.33. The summed E-state index contributed by atoms with van der Waals surface area (Å²) in [6.45, 7) is 13.4. The van der Waals surface area contributed by atoms with Crippen LogP contribution in [0.1, 0.15) is 41.5 Å². The molecule has 0 saturated carbocycles. The molecule has 0 heterocycles. The third-order valence-corrected chi connectivity index (χ3v) is 1.57. The normalized spacial score (nSPS) is 14.5. The number of hydrogen-bond acceptors (Lipinski definition) is 0. The van der Waals surface area contributed by atoms with E-state index in [-0.39, 0.29) is 0 Å². The third-order valence-electron chi connectivity index (χ3n) is 1.57. The SMILES string of the molecule is CC(=CC(C)(C)C)C(C)C. The lowest BCUT2D eigenvalue weighted by atomic mass is 9.90. The van der Waals surface area contributed by atoms with Crippen molar-refractivity contribution in [3.63, 3.8) is 0 Å². The van der Waals surface area contributed by atoms with Crippen LogP contribution < -0.4 is 0 Å². The van der Waals surface area contributed by atoms with Crippen LogP contribution in [-0.4, -0.2) is 0 Å². The first-order valence-corrected chi connectivity index (χ1v) is 4.02. The molecule has 0 aromatic heterocycles. The van der Waals surface area contributed by atoms with Crippen molar-refractivity contribution in [2.75, 3.05) is 0 Å². The summed E-state index contributed by atoms with van der Waals surface area (Å²) in [4.78, 5) is 0. The molecule has 0 bridgehead atoms. The molecule has 0 heteroatoms. The van der Waals surface area contributed by atoms with Crippen LogP contribution in [0.5, 0.6) is 0 Å². The summed E-state index contributed by atoms with van der Waals surface area (Å²) < 4.78 is 0. The number of allylic oxidation sites excluding steroid dienone is 2. The van der Waals surface area contributed by atoms with Crippen LogP contribution in [0, 0.1) is 11.3 Å². The number of hydrogen-bond donors (Lipinski definition) is 0. The molecule has 0 aromatic carbocycles. The Kier molecular flexibility index (Phi) is 3.14. The van der Waals surface area contributed by atoms with E-state index < -0.39 is 0 Å². The van der Waals surface area contributed by atoms with Crippen molar-refractivity contribution >= 4 is 0 Å². The summed E-state index contributed by atoms with van der Waals surface area (Å²) in [5.41, 5.74) is 1.83. The van der Waals surface area contributed by atoms with E-state index in [4.69, 9.17) is 0 Å². The van der Waals surface area contributed by atoms with E-state index in [1.165, 1.54) is 5.57 Å². The zero-order chi connectivity index (χ0) is 8.36. The zero-order valence-corrected chi connectivity index (χ0v) is 8.15. The molecule has 10 heavy (non-hydrogen) atoms. The zero-order valence-electron chi connectivity index (χ0n) is 8.15. The largest absolute Gasteiger partial charge is 0.0800 e. The van der Waals surface area contributed by atoms with Crippen molar-refractivity contribution in [2.45, 2.75) is 41.5 Å². The van der Waals surface area contributed by atoms with E-state index in [1.54, 1.807) is 0 Å². The average molecular weight is 140 g/mol. The third kappa shape index (κ3) is 4.60. The quantitative estimate of drug-likeness (QED) is 0.488. The monoisotopic (exact) mass is 140 g/mol. The van der Waals surface area contributed by atoms with Gasteiger partial charge in [0.15, 0.2) is 0 Å².